The van der Waals surface area contributed by atoms with E-state index in [1.54, 1.807) is 17.0 Å². The molecule has 33 heavy (non-hydrogen) atoms. The van der Waals surface area contributed by atoms with Gasteiger partial charge in [-0.1, -0.05) is 78.3 Å². The summed E-state index contributed by atoms with van der Waals surface area (Å²) in [6, 6.07) is 24.4. The summed E-state index contributed by atoms with van der Waals surface area (Å²) in [5.41, 5.74) is 3.95. The van der Waals surface area contributed by atoms with Crippen LogP contribution in [0.3, 0.4) is 0 Å². The molecular formula is C28H31ClN2O2. The first-order valence-electron chi connectivity index (χ1n) is 11.3. The van der Waals surface area contributed by atoms with Crippen molar-refractivity contribution in [2.45, 2.75) is 52.2 Å². The summed E-state index contributed by atoms with van der Waals surface area (Å²) >= 11 is 6.07. The number of rotatable bonds is 9. The zero-order valence-electron chi connectivity index (χ0n) is 19.4. The van der Waals surface area contributed by atoms with E-state index >= 15 is 0 Å². The molecule has 0 spiro atoms. The third-order valence-electron chi connectivity index (χ3n) is 5.57. The van der Waals surface area contributed by atoms with Gasteiger partial charge in [-0.25, -0.2) is 0 Å². The van der Waals surface area contributed by atoms with Gasteiger partial charge in [0.15, 0.2) is 0 Å². The molecule has 0 aliphatic rings. The van der Waals surface area contributed by atoms with Crippen molar-refractivity contribution in [2.75, 3.05) is 0 Å². The van der Waals surface area contributed by atoms with Crippen LogP contribution < -0.4 is 5.32 Å². The summed E-state index contributed by atoms with van der Waals surface area (Å²) in [6.45, 7) is 6.18. The zero-order chi connectivity index (χ0) is 23.8. The molecule has 0 saturated carbocycles. The van der Waals surface area contributed by atoms with Crippen LogP contribution in [0, 0.1) is 6.92 Å². The number of hydrogen-bond acceptors (Lipinski definition) is 2. The monoisotopic (exact) mass is 462 g/mol. The summed E-state index contributed by atoms with van der Waals surface area (Å²) in [5.74, 6) is -0.236. The first-order chi connectivity index (χ1) is 15.8. The Morgan fingerprint density at radius 1 is 0.879 bits per heavy atom. The molecule has 3 aromatic rings. The number of carbonyl (C=O) groups is 2. The highest BCUT2D eigenvalue weighted by Gasteiger charge is 2.30. The summed E-state index contributed by atoms with van der Waals surface area (Å²) < 4.78 is 0. The molecule has 0 bridgehead atoms. The first kappa shape index (κ1) is 24.5. The molecule has 0 fully saturated rings. The summed E-state index contributed by atoms with van der Waals surface area (Å²) in [5, 5.41) is 3.65. The lowest BCUT2D eigenvalue weighted by atomic mass is 10.00. The maximum Gasteiger partial charge on any atom is 0.243 e. The second kappa shape index (κ2) is 11.7. The molecule has 1 atom stereocenters. The highest BCUT2D eigenvalue weighted by atomic mass is 35.5. The lowest BCUT2D eigenvalue weighted by Crippen LogP contribution is -2.52. The summed E-state index contributed by atoms with van der Waals surface area (Å²) in [4.78, 5) is 28.7. The average molecular weight is 463 g/mol. The van der Waals surface area contributed by atoms with Crippen LogP contribution in [0.25, 0.3) is 0 Å². The van der Waals surface area contributed by atoms with Crippen molar-refractivity contribution in [3.63, 3.8) is 0 Å². The van der Waals surface area contributed by atoms with Gasteiger partial charge in [0.05, 0.1) is 6.42 Å². The fraction of sp³-hybridized carbons (Fsp3) is 0.286. The largest absolute Gasteiger partial charge is 0.352 e. The Kier molecular flexibility index (Phi) is 8.67. The molecule has 2 amide bonds. The van der Waals surface area contributed by atoms with E-state index in [0.29, 0.717) is 18.0 Å². The van der Waals surface area contributed by atoms with Crippen LogP contribution in [-0.2, 0) is 29.0 Å². The summed E-state index contributed by atoms with van der Waals surface area (Å²) in [7, 11) is 0. The minimum Gasteiger partial charge on any atom is -0.352 e. The van der Waals surface area contributed by atoms with Crippen LogP contribution in [0.15, 0.2) is 78.9 Å². The lowest BCUT2D eigenvalue weighted by Gasteiger charge is -2.32. The fourth-order valence-electron chi connectivity index (χ4n) is 3.79. The maximum atomic E-state index is 13.7. The first-order valence-corrected chi connectivity index (χ1v) is 11.6. The number of aryl methyl sites for hydroxylation is 1. The van der Waals surface area contributed by atoms with Crippen molar-refractivity contribution in [3.8, 4) is 0 Å². The SMILES string of the molecule is Cc1ccccc1CC(=O)N(Cc1ccc(Cl)cc1)[C@@H](Cc1ccccc1)C(=O)NC(C)C. The van der Waals surface area contributed by atoms with Gasteiger partial charge in [0.2, 0.25) is 11.8 Å². The summed E-state index contributed by atoms with van der Waals surface area (Å²) in [6.07, 6.45) is 0.674. The number of halogens is 1. The Morgan fingerprint density at radius 3 is 2.15 bits per heavy atom. The van der Waals surface area contributed by atoms with Gasteiger partial charge < -0.3 is 10.2 Å². The molecule has 0 unspecified atom stereocenters. The fourth-order valence-corrected chi connectivity index (χ4v) is 3.92. The smallest absolute Gasteiger partial charge is 0.243 e. The predicted molar refractivity (Wildman–Crippen MR) is 134 cm³/mol. The molecular weight excluding hydrogens is 432 g/mol. The van der Waals surface area contributed by atoms with Crippen molar-refractivity contribution in [2.24, 2.45) is 0 Å². The van der Waals surface area contributed by atoms with Crippen LogP contribution in [0.1, 0.15) is 36.1 Å². The van der Waals surface area contributed by atoms with Crippen LogP contribution in [0.2, 0.25) is 5.02 Å². The van der Waals surface area contributed by atoms with E-state index in [2.05, 4.69) is 5.32 Å². The molecule has 0 heterocycles. The van der Waals surface area contributed by atoms with Gasteiger partial charge in [-0.05, 0) is 55.2 Å². The molecule has 0 radical (unpaired) electrons. The number of nitrogens with one attached hydrogen (secondary N) is 1. The average Bonchev–Trinajstić information content (AvgIpc) is 2.79. The van der Waals surface area contributed by atoms with Crippen molar-refractivity contribution >= 4 is 23.4 Å². The number of hydrogen-bond donors (Lipinski definition) is 1. The van der Waals surface area contributed by atoms with E-state index in [9.17, 15) is 9.59 Å². The molecule has 3 aromatic carbocycles. The quantitative estimate of drug-likeness (QED) is 0.465. The molecule has 4 nitrogen and oxygen atoms in total. The molecule has 5 heteroatoms. The van der Waals surface area contributed by atoms with Crippen molar-refractivity contribution in [3.05, 3.63) is 106 Å². The molecule has 0 saturated heterocycles. The van der Waals surface area contributed by atoms with E-state index in [0.717, 1.165) is 22.3 Å². The van der Waals surface area contributed by atoms with Crippen molar-refractivity contribution in [1.82, 2.24) is 10.2 Å². The van der Waals surface area contributed by atoms with Gasteiger partial charge in [-0.15, -0.1) is 0 Å². The second-order valence-corrected chi connectivity index (χ2v) is 9.06. The van der Waals surface area contributed by atoms with Gasteiger partial charge in [-0.2, -0.15) is 0 Å². The zero-order valence-corrected chi connectivity index (χ0v) is 20.2. The molecule has 0 aliphatic carbocycles. The van der Waals surface area contributed by atoms with Crippen LogP contribution >= 0.6 is 11.6 Å². The minimum atomic E-state index is -0.637. The topological polar surface area (TPSA) is 49.4 Å². The minimum absolute atomic E-state index is 0.0281. The Hall–Kier alpha value is -3.11. The second-order valence-electron chi connectivity index (χ2n) is 8.62. The van der Waals surface area contributed by atoms with Crippen LogP contribution in [0.4, 0.5) is 0 Å². The van der Waals surface area contributed by atoms with Gasteiger partial charge in [0.1, 0.15) is 6.04 Å². The molecule has 0 aliphatic heterocycles. The van der Waals surface area contributed by atoms with E-state index in [1.165, 1.54) is 0 Å². The van der Waals surface area contributed by atoms with Crippen LogP contribution in [0.5, 0.6) is 0 Å². The highest BCUT2D eigenvalue weighted by molar-refractivity contribution is 6.30. The predicted octanol–water partition coefficient (Wildman–Crippen LogP) is 5.36. The van der Waals surface area contributed by atoms with Crippen molar-refractivity contribution in [1.29, 1.82) is 0 Å². The third kappa shape index (κ3) is 7.19. The normalized spacial score (nSPS) is 11.8. The van der Waals surface area contributed by atoms with Gasteiger partial charge in [0, 0.05) is 24.0 Å². The van der Waals surface area contributed by atoms with E-state index in [4.69, 9.17) is 11.6 Å². The Bertz CT molecular complexity index is 1060. The molecule has 3 rings (SSSR count). The number of nitrogens with zero attached hydrogens (tertiary/aromatic N) is 1. The Labute approximate surface area is 201 Å². The standard InChI is InChI=1S/C28H31ClN2O2/c1-20(2)30-28(33)26(17-22-10-5-4-6-11-22)31(19-23-13-15-25(29)16-14-23)27(32)18-24-12-8-7-9-21(24)3/h4-16,20,26H,17-19H2,1-3H3,(H,30,33)/t26-/m0/s1. The Balaban J connectivity index is 1.97. The lowest BCUT2D eigenvalue weighted by molar-refractivity contribution is -0.141. The number of benzene rings is 3. The van der Waals surface area contributed by atoms with E-state index < -0.39 is 6.04 Å². The molecule has 1 N–H and O–H groups in total. The van der Waals surface area contributed by atoms with Gasteiger partial charge in [0.25, 0.3) is 0 Å². The third-order valence-corrected chi connectivity index (χ3v) is 5.82. The van der Waals surface area contributed by atoms with Gasteiger partial charge in [-0.3, -0.25) is 9.59 Å². The van der Waals surface area contributed by atoms with Crippen molar-refractivity contribution < 1.29 is 9.59 Å². The highest BCUT2D eigenvalue weighted by Crippen LogP contribution is 2.19. The number of carbonyl (C=O) groups excluding carboxylic acids is 2. The Morgan fingerprint density at radius 2 is 1.52 bits per heavy atom. The number of amides is 2. The molecule has 0 aromatic heterocycles. The molecule has 172 valence electrons. The van der Waals surface area contributed by atoms with Gasteiger partial charge >= 0.3 is 0 Å². The van der Waals surface area contributed by atoms with E-state index in [-0.39, 0.29) is 24.3 Å². The maximum absolute atomic E-state index is 13.7. The van der Waals surface area contributed by atoms with E-state index in [1.807, 2.05) is 87.5 Å². The van der Waals surface area contributed by atoms with Crippen LogP contribution in [-0.4, -0.2) is 28.8 Å².